The van der Waals surface area contributed by atoms with Crippen LogP contribution in [0.5, 0.6) is 5.75 Å². The number of aliphatic hydroxyl groups is 2. The summed E-state index contributed by atoms with van der Waals surface area (Å²) in [6.45, 7) is 8.56. The number of benzene rings is 1. The van der Waals surface area contributed by atoms with E-state index in [0.29, 0.717) is 6.54 Å². The van der Waals surface area contributed by atoms with Crippen LogP contribution >= 0.6 is 0 Å². The molecule has 1 aliphatic rings. The molecule has 0 aromatic heterocycles. The zero-order chi connectivity index (χ0) is 15.1. The van der Waals surface area contributed by atoms with Crippen molar-refractivity contribution in [3.05, 3.63) is 28.8 Å². The monoisotopic (exact) mass is 279 g/mol. The average molecular weight is 279 g/mol. The predicted molar refractivity (Wildman–Crippen MR) is 79.1 cm³/mol. The highest BCUT2D eigenvalue weighted by Gasteiger charge is 2.45. The lowest BCUT2D eigenvalue weighted by Crippen LogP contribution is -2.57. The topological polar surface area (TPSA) is 52.9 Å². The first-order chi connectivity index (χ1) is 9.27. The number of rotatable bonds is 3. The summed E-state index contributed by atoms with van der Waals surface area (Å²) in [4.78, 5) is 1.97. The molecule has 1 aromatic rings. The van der Waals surface area contributed by atoms with Crippen molar-refractivity contribution in [3.63, 3.8) is 0 Å². The highest BCUT2D eigenvalue weighted by Crippen LogP contribution is 2.43. The Morgan fingerprint density at radius 3 is 2.55 bits per heavy atom. The van der Waals surface area contributed by atoms with E-state index < -0.39 is 11.7 Å². The average Bonchev–Trinajstić information content (AvgIpc) is 2.25. The highest BCUT2D eigenvalue weighted by molar-refractivity contribution is 5.47. The number of nitrogens with zero attached hydrogens (tertiary/aromatic N) is 1. The summed E-state index contributed by atoms with van der Waals surface area (Å²) in [5.41, 5.74) is 2.53. The molecule has 0 aliphatic carbocycles. The van der Waals surface area contributed by atoms with Gasteiger partial charge in [0.25, 0.3) is 0 Å². The Kier molecular flexibility index (Phi) is 4.09. The van der Waals surface area contributed by atoms with Crippen LogP contribution in [0.15, 0.2) is 12.1 Å². The second-order valence-corrected chi connectivity index (χ2v) is 6.29. The molecule has 112 valence electrons. The summed E-state index contributed by atoms with van der Waals surface area (Å²) in [5, 5.41) is 20.0. The maximum absolute atomic E-state index is 10.8. The molecule has 1 heterocycles. The molecule has 2 rings (SSSR count). The third kappa shape index (κ3) is 2.55. The summed E-state index contributed by atoms with van der Waals surface area (Å²) in [6, 6.07) is 3.85. The number of hydrogen-bond acceptors (Lipinski definition) is 4. The Bertz CT molecular complexity index is 499. The van der Waals surface area contributed by atoms with Gasteiger partial charge < -0.3 is 14.9 Å². The zero-order valence-corrected chi connectivity index (χ0v) is 13.0. The fraction of sp³-hybridized carbons (Fsp3) is 0.625. The molecule has 1 aliphatic heterocycles. The Balaban J connectivity index is 2.48. The zero-order valence-electron chi connectivity index (χ0n) is 13.0. The van der Waals surface area contributed by atoms with Crippen LogP contribution < -0.4 is 4.74 Å². The molecule has 0 saturated carbocycles. The highest BCUT2D eigenvalue weighted by atomic mass is 16.5. The Morgan fingerprint density at radius 2 is 1.95 bits per heavy atom. The Hall–Kier alpha value is -1.10. The molecule has 0 spiro atoms. The molecule has 4 heteroatoms. The summed E-state index contributed by atoms with van der Waals surface area (Å²) in [6.07, 6.45) is -0.620. The number of hydrogen-bond donors (Lipinski definition) is 2. The van der Waals surface area contributed by atoms with E-state index in [0.717, 1.165) is 22.4 Å². The molecule has 0 radical (unpaired) electrons. The van der Waals surface area contributed by atoms with Gasteiger partial charge in [0.1, 0.15) is 17.5 Å². The largest absolute Gasteiger partial charge is 0.486 e. The van der Waals surface area contributed by atoms with E-state index in [4.69, 9.17) is 9.84 Å². The molecule has 4 nitrogen and oxygen atoms in total. The van der Waals surface area contributed by atoms with E-state index >= 15 is 0 Å². The van der Waals surface area contributed by atoms with Crippen molar-refractivity contribution in [1.82, 2.24) is 4.90 Å². The standard InChI is InChI=1S/C16H25NO3/c1-10-8-11(2)13-12(9-10)20-16(3,4)15(14(13)19)17(5)6-7-18/h8-9,14-15,18-19H,6-7H2,1-5H3. The van der Waals surface area contributed by atoms with Gasteiger partial charge in [0, 0.05) is 12.1 Å². The van der Waals surface area contributed by atoms with Crippen LogP contribution in [0.3, 0.4) is 0 Å². The van der Waals surface area contributed by atoms with Crippen molar-refractivity contribution < 1.29 is 14.9 Å². The van der Waals surface area contributed by atoms with E-state index in [2.05, 4.69) is 6.07 Å². The van der Waals surface area contributed by atoms with Gasteiger partial charge in [0.15, 0.2) is 0 Å². The van der Waals surface area contributed by atoms with Crippen LogP contribution in [-0.2, 0) is 0 Å². The molecular formula is C16H25NO3. The normalized spacial score (nSPS) is 24.4. The molecule has 2 unspecified atom stereocenters. The molecule has 2 atom stereocenters. The summed E-state index contributed by atoms with van der Waals surface area (Å²) in [5.74, 6) is 0.772. The molecular weight excluding hydrogens is 254 g/mol. The lowest BCUT2D eigenvalue weighted by Gasteiger charge is -2.47. The van der Waals surface area contributed by atoms with Crippen LogP contribution in [0.4, 0.5) is 0 Å². The smallest absolute Gasteiger partial charge is 0.126 e. The van der Waals surface area contributed by atoms with Crippen LogP contribution in [0.25, 0.3) is 0 Å². The van der Waals surface area contributed by atoms with Gasteiger partial charge in [-0.05, 0) is 51.9 Å². The molecule has 0 amide bonds. The van der Waals surface area contributed by atoms with Crippen molar-refractivity contribution in [2.75, 3.05) is 20.2 Å². The lowest BCUT2D eigenvalue weighted by atomic mass is 9.83. The second-order valence-electron chi connectivity index (χ2n) is 6.29. The number of likely N-dealkylation sites (N-methyl/N-ethyl adjacent to an activating group) is 1. The van der Waals surface area contributed by atoms with Gasteiger partial charge in [0.2, 0.25) is 0 Å². The van der Waals surface area contributed by atoms with Crippen molar-refractivity contribution in [3.8, 4) is 5.75 Å². The van der Waals surface area contributed by atoms with Gasteiger partial charge in [-0.2, -0.15) is 0 Å². The minimum Gasteiger partial charge on any atom is -0.486 e. The number of fused-ring (bicyclic) bond motifs is 1. The van der Waals surface area contributed by atoms with Gasteiger partial charge in [0.05, 0.1) is 12.6 Å². The third-order valence-electron chi connectivity index (χ3n) is 4.10. The number of ether oxygens (including phenoxy) is 1. The molecule has 20 heavy (non-hydrogen) atoms. The third-order valence-corrected chi connectivity index (χ3v) is 4.10. The van der Waals surface area contributed by atoms with Crippen molar-refractivity contribution in [2.24, 2.45) is 0 Å². The maximum atomic E-state index is 10.8. The minimum absolute atomic E-state index is 0.0650. The van der Waals surface area contributed by atoms with Crippen LogP contribution in [-0.4, -0.2) is 47.0 Å². The van der Waals surface area contributed by atoms with Crippen LogP contribution in [0, 0.1) is 13.8 Å². The van der Waals surface area contributed by atoms with Crippen LogP contribution in [0.2, 0.25) is 0 Å². The first kappa shape index (κ1) is 15.3. The van der Waals surface area contributed by atoms with Gasteiger partial charge in [-0.1, -0.05) is 6.07 Å². The van der Waals surface area contributed by atoms with E-state index in [-0.39, 0.29) is 12.6 Å². The fourth-order valence-corrected chi connectivity index (χ4v) is 3.35. The van der Waals surface area contributed by atoms with E-state index in [1.165, 1.54) is 0 Å². The predicted octanol–water partition coefficient (Wildman–Crippen LogP) is 1.80. The van der Waals surface area contributed by atoms with Crippen LogP contribution in [0.1, 0.15) is 36.6 Å². The van der Waals surface area contributed by atoms with Gasteiger partial charge in [-0.25, -0.2) is 0 Å². The van der Waals surface area contributed by atoms with Gasteiger partial charge in [-0.3, -0.25) is 4.90 Å². The number of aryl methyl sites for hydroxylation is 2. The summed E-state index contributed by atoms with van der Waals surface area (Å²) >= 11 is 0. The first-order valence-corrected chi connectivity index (χ1v) is 7.07. The van der Waals surface area contributed by atoms with Crippen molar-refractivity contribution in [1.29, 1.82) is 0 Å². The van der Waals surface area contributed by atoms with Gasteiger partial charge in [-0.15, -0.1) is 0 Å². The first-order valence-electron chi connectivity index (χ1n) is 7.07. The molecule has 2 N–H and O–H groups in total. The molecule has 0 saturated heterocycles. The fourth-order valence-electron chi connectivity index (χ4n) is 3.35. The number of aliphatic hydroxyl groups excluding tert-OH is 2. The second kappa shape index (κ2) is 5.35. The summed E-state index contributed by atoms with van der Waals surface area (Å²) in [7, 11) is 1.91. The van der Waals surface area contributed by atoms with E-state index in [1.54, 1.807) is 0 Å². The minimum atomic E-state index is -0.620. The Labute approximate surface area is 121 Å². The lowest BCUT2D eigenvalue weighted by molar-refractivity contribution is -0.0775. The SMILES string of the molecule is Cc1cc(C)c2c(c1)OC(C)(C)C(N(C)CCO)C2O. The Morgan fingerprint density at radius 1 is 1.30 bits per heavy atom. The van der Waals surface area contributed by atoms with E-state index in [1.807, 2.05) is 45.7 Å². The maximum Gasteiger partial charge on any atom is 0.126 e. The molecule has 0 bridgehead atoms. The summed E-state index contributed by atoms with van der Waals surface area (Å²) < 4.78 is 6.15. The van der Waals surface area contributed by atoms with Gasteiger partial charge >= 0.3 is 0 Å². The van der Waals surface area contributed by atoms with Crippen molar-refractivity contribution in [2.45, 2.75) is 45.4 Å². The molecule has 0 fully saturated rings. The quantitative estimate of drug-likeness (QED) is 0.886. The van der Waals surface area contributed by atoms with Crippen molar-refractivity contribution >= 4 is 0 Å². The van der Waals surface area contributed by atoms with E-state index in [9.17, 15) is 5.11 Å². The molecule has 1 aromatic carbocycles.